The van der Waals surface area contributed by atoms with Crippen LogP contribution >= 0.6 is 0 Å². The van der Waals surface area contributed by atoms with E-state index in [1.165, 1.54) is 7.11 Å². The first-order valence-electron chi connectivity index (χ1n) is 6.92. The molecule has 0 radical (unpaired) electrons. The Kier molecular flexibility index (Phi) is 5.96. The second-order valence-corrected chi connectivity index (χ2v) is 5.16. The summed E-state index contributed by atoms with van der Waals surface area (Å²) in [5.74, 6) is -7.10. The number of hydrogen-bond acceptors (Lipinski definition) is 2. The van der Waals surface area contributed by atoms with Crippen molar-refractivity contribution in [1.82, 2.24) is 5.32 Å². The van der Waals surface area contributed by atoms with Gasteiger partial charge in [0.25, 0.3) is 0 Å². The van der Waals surface area contributed by atoms with Crippen molar-refractivity contribution in [2.45, 2.75) is 44.8 Å². The number of alkyl halides is 5. The highest BCUT2D eigenvalue weighted by atomic mass is 19.4. The average Bonchev–Trinajstić information content (AvgIpc) is 2.45. The SMILES string of the molecule is CCC(Cc1ccc(OC)c(C)c1)NC(=O)C(F)(F)C(F)(F)F. The van der Waals surface area contributed by atoms with Gasteiger partial charge in [0, 0.05) is 6.04 Å². The standard InChI is InChI=1S/C15H18F5NO2/c1-4-11(21-13(22)14(16,17)15(18,19)20)8-10-5-6-12(23-3)9(2)7-10/h5-7,11H,4,8H2,1-3H3,(H,21,22). The van der Waals surface area contributed by atoms with Crippen LogP contribution in [-0.2, 0) is 11.2 Å². The maximum Gasteiger partial charge on any atom is 0.463 e. The molecule has 0 saturated heterocycles. The number of carbonyl (C=O) groups excluding carboxylic acids is 1. The van der Waals surface area contributed by atoms with Crippen molar-refractivity contribution in [3.8, 4) is 5.75 Å². The van der Waals surface area contributed by atoms with E-state index in [1.54, 1.807) is 37.4 Å². The summed E-state index contributed by atoms with van der Waals surface area (Å²) in [7, 11) is 1.50. The second kappa shape index (κ2) is 7.14. The third-order valence-corrected chi connectivity index (χ3v) is 3.41. The van der Waals surface area contributed by atoms with Crippen molar-refractivity contribution < 1.29 is 31.5 Å². The molecule has 1 atom stereocenters. The quantitative estimate of drug-likeness (QED) is 0.804. The fourth-order valence-corrected chi connectivity index (χ4v) is 2.05. The van der Waals surface area contributed by atoms with Gasteiger partial charge in [0.15, 0.2) is 0 Å². The van der Waals surface area contributed by atoms with Gasteiger partial charge >= 0.3 is 18.0 Å². The molecule has 0 aliphatic rings. The van der Waals surface area contributed by atoms with E-state index < -0.39 is 24.0 Å². The molecule has 130 valence electrons. The Hall–Kier alpha value is -1.86. The number of aryl methyl sites for hydroxylation is 1. The van der Waals surface area contributed by atoms with E-state index in [-0.39, 0.29) is 12.8 Å². The van der Waals surface area contributed by atoms with Crippen LogP contribution in [-0.4, -0.2) is 31.2 Å². The van der Waals surface area contributed by atoms with Crippen LogP contribution in [0.4, 0.5) is 22.0 Å². The topological polar surface area (TPSA) is 38.3 Å². The molecule has 1 N–H and O–H groups in total. The van der Waals surface area contributed by atoms with E-state index in [4.69, 9.17) is 4.74 Å². The third kappa shape index (κ3) is 4.56. The lowest BCUT2D eigenvalue weighted by atomic mass is 10.0. The zero-order chi connectivity index (χ0) is 17.8. The highest BCUT2D eigenvalue weighted by Crippen LogP contribution is 2.35. The Morgan fingerprint density at radius 2 is 1.87 bits per heavy atom. The molecule has 0 saturated carbocycles. The van der Waals surface area contributed by atoms with Gasteiger partial charge in [0.2, 0.25) is 0 Å². The van der Waals surface area contributed by atoms with Crippen LogP contribution in [0.25, 0.3) is 0 Å². The molecule has 0 spiro atoms. The number of carbonyl (C=O) groups is 1. The van der Waals surface area contributed by atoms with Gasteiger partial charge in [-0.2, -0.15) is 22.0 Å². The molecular weight excluding hydrogens is 321 g/mol. The molecular formula is C15H18F5NO2. The maximum absolute atomic E-state index is 13.0. The highest BCUT2D eigenvalue weighted by Gasteiger charge is 2.63. The number of nitrogens with one attached hydrogen (secondary N) is 1. The smallest absolute Gasteiger partial charge is 0.463 e. The van der Waals surface area contributed by atoms with Gasteiger partial charge < -0.3 is 10.1 Å². The van der Waals surface area contributed by atoms with Crippen molar-refractivity contribution in [2.75, 3.05) is 7.11 Å². The van der Waals surface area contributed by atoms with Crippen LogP contribution in [0.1, 0.15) is 24.5 Å². The highest BCUT2D eigenvalue weighted by molar-refractivity contribution is 5.84. The molecule has 0 heterocycles. The Labute approximate surface area is 130 Å². The van der Waals surface area contributed by atoms with E-state index >= 15 is 0 Å². The second-order valence-electron chi connectivity index (χ2n) is 5.16. The molecule has 1 rings (SSSR count). The molecule has 0 fully saturated rings. The van der Waals surface area contributed by atoms with Gasteiger partial charge in [-0.25, -0.2) is 0 Å². The van der Waals surface area contributed by atoms with Gasteiger partial charge in [0.1, 0.15) is 5.75 Å². The first-order chi connectivity index (χ1) is 10.5. The van der Waals surface area contributed by atoms with Crippen LogP contribution in [0.5, 0.6) is 5.75 Å². The minimum Gasteiger partial charge on any atom is -0.496 e. The van der Waals surface area contributed by atoms with Crippen LogP contribution in [0.2, 0.25) is 0 Å². The molecule has 0 bridgehead atoms. The number of ether oxygens (including phenoxy) is 1. The van der Waals surface area contributed by atoms with Crippen molar-refractivity contribution >= 4 is 5.91 Å². The average molecular weight is 339 g/mol. The normalized spacial score (nSPS) is 13.6. The third-order valence-electron chi connectivity index (χ3n) is 3.41. The lowest BCUT2D eigenvalue weighted by Gasteiger charge is -2.23. The molecule has 23 heavy (non-hydrogen) atoms. The number of halogens is 5. The summed E-state index contributed by atoms with van der Waals surface area (Å²) in [4.78, 5) is 11.2. The zero-order valence-electron chi connectivity index (χ0n) is 12.9. The number of benzene rings is 1. The lowest BCUT2D eigenvalue weighted by Crippen LogP contribution is -2.53. The predicted molar refractivity (Wildman–Crippen MR) is 74.7 cm³/mol. The summed E-state index contributed by atoms with van der Waals surface area (Å²) in [5.41, 5.74) is 1.50. The Morgan fingerprint density at radius 1 is 1.26 bits per heavy atom. The predicted octanol–water partition coefficient (Wildman–Crippen LogP) is 3.64. The van der Waals surface area contributed by atoms with Crippen LogP contribution < -0.4 is 10.1 Å². The van der Waals surface area contributed by atoms with Crippen LogP contribution in [0, 0.1) is 6.92 Å². The molecule has 1 aromatic rings. The van der Waals surface area contributed by atoms with Crippen molar-refractivity contribution in [3.05, 3.63) is 29.3 Å². The molecule has 0 aliphatic heterocycles. The summed E-state index contributed by atoms with van der Waals surface area (Å²) in [6, 6.07) is 4.24. The first-order valence-corrected chi connectivity index (χ1v) is 6.92. The van der Waals surface area contributed by atoms with Crippen LogP contribution in [0.15, 0.2) is 18.2 Å². The summed E-state index contributed by atoms with van der Waals surface area (Å²) < 4.78 is 67.6. The molecule has 1 aromatic carbocycles. The molecule has 3 nitrogen and oxygen atoms in total. The van der Waals surface area contributed by atoms with Gasteiger partial charge in [-0.1, -0.05) is 19.1 Å². The summed E-state index contributed by atoms with van der Waals surface area (Å²) in [5, 5.41) is 1.77. The van der Waals surface area contributed by atoms with Gasteiger partial charge in [-0.3, -0.25) is 4.79 Å². The van der Waals surface area contributed by atoms with Crippen molar-refractivity contribution in [3.63, 3.8) is 0 Å². The maximum atomic E-state index is 13.0. The molecule has 8 heteroatoms. The number of rotatable bonds is 6. The van der Waals surface area contributed by atoms with Crippen molar-refractivity contribution in [1.29, 1.82) is 0 Å². The minimum absolute atomic E-state index is 0.140. The van der Waals surface area contributed by atoms with E-state index in [9.17, 15) is 26.7 Å². The Balaban J connectivity index is 2.82. The zero-order valence-corrected chi connectivity index (χ0v) is 12.9. The van der Waals surface area contributed by atoms with E-state index in [0.29, 0.717) is 11.3 Å². The molecule has 0 aliphatic carbocycles. The molecule has 0 aromatic heterocycles. The van der Waals surface area contributed by atoms with Crippen molar-refractivity contribution in [2.24, 2.45) is 0 Å². The van der Waals surface area contributed by atoms with E-state index in [0.717, 1.165) is 5.56 Å². The summed E-state index contributed by atoms with van der Waals surface area (Å²) >= 11 is 0. The fourth-order valence-electron chi connectivity index (χ4n) is 2.05. The first kappa shape index (κ1) is 19.2. The minimum atomic E-state index is -5.91. The summed E-state index contributed by atoms with van der Waals surface area (Å²) in [6.45, 7) is 3.37. The van der Waals surface area contributed by atoms with Gasteiger partial charge in [-0.05, 0) is 37.0 Å². The van der Waals surface area contributed by atoms with Gasteiger partial charge in [0.05, 0.1) is 7.11 Å². The largest absolute Gasteiger partial charge is 0.496 e. The molecule has 1 unspecified atom stereocenters. The van der Waals surface area contributed by atoms with E-state index in [2.05, 4.69) is 0 Å². The van der Waals surface area contributed by atoms with Gasteiger partial charge in [-0.15, -0.1) is 0 Å². The van der Waals surface area contributed by atoms with Crippen LogP contribution in [0.3, 0.4) is 0 Å². The monoisotopic (exact) mass is 339 g/mol. The number of amides is 1. The lowest BCUT2D eigenvalue weighted by molar-refractivity contribution is -0.270. The Morgan fingerprint density at radius 3 is 2.30 bits per heavy atom. The Bertz CT molecular complexity index is 557. The van der Waals surface area contributed by atoms with E-state index in [1.807, 2.05) is 0 Å². The summed E-state index contributed by atoms with van der Waals surface area (Å²) in [6.07, 6.45) is -5.56. The number of hydrogen-bond donors (Lipinski definition) is 1. The number of methoxy groups -OCH3 is 1. The molecule has 1 amide bonds. The fraction of sp³-hybridized carbons (Fsp3) is 0.533.